The van der Waals surface area contributed by atoms with E-state index >= 15 is 0 Å². The Bertz CT molecular complexity index is 953. The van der Waals surface area contributed by atoms with Crippen LogP contribution in [0.2, 0.25) is 0 Å². The van der Waals surface area contributed by atoms with E-state index < -0.39 is 36.8 Å². The van der Waals surface area contributed by atoms with Gasteiger partial charge in [-0.15, -0.1) is 10.2 Å². The lowest BCUT2D eigenvalue weighted by Gasteiger charge is -2.16. The van der Waals surface area contributed by atoms with E-state index in [1.807, 2.05) is 13.8 Å². The van der Waals surface area contributed by atoms with Gasteiger partial charge in [-0.25, -0.2) is 8.78 Å². The van der Waals surface area contributed by atoms with Gasteiger partial charge in [0, 0.05) is 29.8 Å². The molecule has 0 radical (unpaired) electrons. The van der Waals surface area contributed by atoms with Crippen LogP contribution in [0.3, 0.4) is 0 Å². The third-order valence-electron chi connectivity index (χ3n) is 4.48. The standard InChI is InChI=1S/C21H24F4N4O3/c1-11(2)17(30)9-15-8-14(7-12(3)26-15)13(4)27-19(31)16-5-6-18(29-28-16)32-10-21(24,25)20(22)23/h5-8,11,13,20H,9-10H2,1-4H3,(H,27,31). The van der Waals surface area contributed by atoms with Crippen molar-refractivity contribution in [3.63, 3.8) is 0 Å². The van der Waals surface area contributed by atoms with Crippen LogP contribution in [0, 0.1) is 12.8 Å². The van der Waals surface area contributed by atoms with Crippen LogP contribution in [0.15, 0.2) is 24.3 Å². The Labute approximate surface area is 182 Å². The number of Topliss-reactive ketones (excluding diaryl/α,β-unsaturated/α-hetero) is 1. The maximum atomic E-state index is 12.9. The fraction of sp³-hybridized carbons (Fsp3) is 0.476. The molecule has 1 N–H and O–H groups in total. The minimum atomic E-state index is -4.32. The van der Waals surface area contributed by atoms with Crippen LogP contribution in [-0.2, 0) is 11.2 Å². The second-order valence-corrected chi connectivity index (χ2v) is 7.63. The van der Waals surface area contributed by atoms with Gasteiger partial charge < -0.3 is 10.1 Å². The fourth-order valence-corrected chi connectivity index (χ4v) is 2.59. The molecular formula is C21H24F4N4O3. The minimum absolute atomic E-state index is 0.0506. The third kappa shape index (κ3) is 6.96. The van der Waals surface area contributed by atoms with E-state index in [0.717, 1.165) is 11.6 Å². The summed E-state index contributed by atoms with van der Waals surface area (Å²) in [6.07, 6.45) is -3.69. The van der Waals surface area contributed by atoms with Crippen molar-refractivity contribution in [1.82, 2.24) is 20.5 Å². The van der Waals surface area contributed by atoms with Crippen LogP contribution in [0.5, 0.6) is 5.88 Å². The molecule has 1 atom stereocenters. The molecule has 174 valence electrons. The summed E-state index contributed by atoms with van der Waals surface area (Å²) in [4.78, 5) is 28.8. The number of rotatable bonds is 10. The van der Waals surface area contributed by atoms with Crippen molar-refractivity contribution in [2.24, 2.45) is 5.92 Å². The average molecular weight is 456 g/mol. The number of pyridine rings is 1. The summed E-state index contributed by atoms with van der Waals surface area (Å²) in [5, 5.41) is 9.77. The second kappa shape index (κ2) is 10.5. The molecule has 0 saturated carbocycles. The van der Waals surface area contributed by atoms with Gasteiger partial charge in [-0.2, -0.15) is 8.78 Å². The molecule has 0 bridgehead atoms. The summed E-state index contributed by atoms with van der Waals surface area (Å²) in [5.74, 6) is -5.41. The van der Waals surface area contributed by atoms with Gasteiger partial charge in [0.25, 0.3) is 5.91 Å². The highest BCUT2D eigenvalue weighted by Crippen LogP contribution is 2.23. The van der Waals surface area contributed by atoms with Crippen molar-refractivity contribution in [3.05, 3.63) is 46.9 Å². The molecule has 1 amide bonds. The van der Waals surface area contributed by atoms with Crippen LogP contribution >= 0.6 is 0 Å². The summed E-state index contributed by atoms with van der Waals surface area (Å²) >= 11 is 0. The maximum Gasteiger partial charge on any atom is 0.340 e. The van der Waals surface area contributed by atoms with Crippen LogP contribution in [-0.4, -0.2) is 45.8 Å². The topological polar surface area (TPSA) is 94.1 Å². The number of carbonyl (C=O) groups is 2. The van der Waals surface area contributed by atoms with Gasteiger partial charge in [0.1, 0.15) is 5.78 Å². The van der Waals surface area contributed by atoms with Gasteiger partial charge >= 0.3 is 12.3 Å². The van der Waals surface area contributed by atoms with Gasteiger partial charge in [-0.1, -0.05) is 13.8 Å². The van der Waals surface area contributed by atoms with Crippen molar-refractivity contribution in [1.29, 1.82) is 0 Å². The zero-order chi connectivity index (χ0) is 24.1. The highest BCUT2D eigenvalue weighted by molar-refractivity contribution is 5.92. The number of halogens is 4. The SMILES string of the molecule is Cc1cc(C(C)NC(=O)c2ccc(OCC(F)(F)C(F)F)nn2)cc(CC(=O)C(C)C)n1. The first-order valence-electron chi connectivity index (χ1n) is 9.82. The minimum Gasteiger partial charge on any atom is -0.470 e. The van der Waals surface area contributed by atoms with Crippen molar-refractivity contribution in [2.75, 3.05) is 6.61 Å². The van der Waals surface area contributed by atoms with E-state index in [1.165, 1.54) is 6.07 Å². The summed E-state index contributed by atoms with van der Waals surface area (Å²) < 4.78 is 54.6. The number of nitrogens with zero attached hydrogens (tertiary/aromatic N) is 3. The molecule has 32 heavy (non-hydrogen) atoms. The largest absolute Gasteiger partial charge is 0.470 e. The van der Waals surface area contributed by atoms with Crippen LogP contribution in [0.4, 0.5) is 17.6 Å². The first-order chi connectivity index (χ1) is 14.9. The number of ether oxygens (including phenoxy) is 1. The van der Waals surface area contributed by atoms with Gasteiger partial charge in [0.05, 0.1) is 6.04 Å². The molecule has 0 aromatic carbocycles. The van der Waals surface area contributed by atoms with E-state index in [2.05, 4.69) is 25.2 Å². The molecule has 2 heterocycles. The Kier molecular flexibility index (Phi) is 8.23. The Hall–Kier alpha value is -3.11. The lowest BCUT2D eigenvalue weighted by molar-refractivity contribution is -0.148. The van der Waals surface area contributed by atoms with Gasteiger partial charge in [0.2, 0.25) is 5.88 Å². The number of ketones is 1. The van der Waals surface area contributed by atoms with Crippen LogP contribution in [0.1, 0.15) is 54.3 Å². The summed E-state index contributed by atoms with van der Waals surface area (Å²) in [5.41, 5.74) is 1.91. The number of nitrogens with one attached hydrogen (secondary N) is 1. The molecular weight excluding hydrogens is 432 g/mol. The van der Waals surface area contributed by atoms with E-state index in [0.29, 0.717) is 11.4 Å². The fourth-order valence-electron chi connectivity index (χ4n) is 2.59. The Morgan fingerprint density at radius 1 is 1.12 bits per heavy atom. The van der Waals surface area contributed by atoms with E-state index in [9.17, 15) is 27.2 Å². The first-order valence-corrected chi connectivity index (χ1v) is 9.82. The van der Waals surface area contributed by atoms with E-state index in [1.54, 1.807) is 26.0 Å². The van der Waals surface area contributed by atoms with E-state index in [4.69, 9.17) is 0 Å². The normalized spacial score (nSPS) is 12.7. The number of aryl methyl sites for hydroxylation is 1. The number of hydrogen-bond acceptors (Lipinski definition) is 6. The highest BCUT2D eigenvalue weighted by atomic mass is 19.3. The molecule has 0 fully saturated rings. The summed E-state index contributed by atoms with van der Waals surface area (Å²) in [6.45, 7) is 5.57. The average Bonchev–Trinajstić information content (AvgIpc) is 2.72. The lowest BCUT2D eigenvalue weighted by Crippen LogP contribution is -2.34. The van der Waals surface area contributed by atoms with Crippen LogP contribution < -0.4 is 10.1 Å². The summed E-state index contributed by atoms with van der Waals surface area (Å²) in [7, 11) is 0. The molecule has 0 saturated heterocycles. The molecule has 2 aromatic heterocycles. The number of aromatic nitrogens is 3. The Morgan fingerprint density at radius 3 is 2.38 bits per heavy atom. The molecule has 2 rings (SSSR count). The predicted octanol–water partition coefficient (Wildman–Crippen LogP) is 3.72. The zero-order valence-corrected chi connectivity index (χ0v) is 18.0. The zero-order valence-electron chi connectivity index (χ0n) is 18.0. The molecule has 0 spiro atoms. The van der Waals surface area contributed by atoms with Crippen molar-refractivity contribution in [2.45, 2.75) is 52.5 Å². The Morgan fingerprint density at radius 2 is 1.81 bits per heavy atom. The highest BCUT2D eigenvalue weighted by Gasteiger charge is 2.41. The number of hydrogen-bond donors (Lipinski definition) is 1. The quantitative estimate of drug-likeness (QED) is 0.548. The number of carbonyl (C=O) groups excluding carboxylic acids is 2. The van der Waals surface area contributed by atoms with Crippen molar-refractivity contribution < 1.29 is 31.9 Å². The lowest BCUT2D eigenvalue weighted by atomic mass is 10.0. The smallest absolute Gasteiger partial charge is 0.340 e. The third-order valence-corrected chi connectivity index (χ3v) is 4.48. The summed E-state index contributed by atoms with van der Waals surface area (Å²) in [6, 6.07) is 5.32. The molecule has 0 aliphatic rings. The van der Waals surface area contributed by atoms with Gasteiger partial charge in [0.15, 0.2) is 12.3 Å². The molecule has 2 aromatic rings. The number of alkyl halides is 4. The van der Waals surface area contributed by atoms with Gasteiger partial charge in [-0.05, 0) is 37.6 Å². The van der Waals surface area contributed by atoms with Gasteiger partial charge in [-0.3, -0.25) is 14.6 Å². The molecule has 7 nitrogen and oxygen atoms in total. The molecule has 0 aliphatic heterocycles. The first kappa shape index (κ1) is 25.2. The monoisotopic (exact) mass is 456 g/mol. The van der Waals surface area contributed by atoms with Crippen LogP contribution in [0.25, 0.3) is 0 Å². The molecule has 0 aliphatic carbocycles. The van der Waals surface area contributed by atoms with Crippen molar-refractivity contribution >= 4 is 11.7 Å². The predicted molar refractivity (Wildman–Crippen MR) is 107 cm³/mol. The molecule has 11 heteroatoms. The van der Waals surface area contributed by atoms with E-state index in [-0.39, 0.29) is 23.8 Å². The second-order valence-electron chi connectivity index (χ2n) is 7.63. The maximum absolute atomic E-state index is 12.9. The molecule has 1 unspecified atom stereocenters. The van der Waals surface area contributed by atoms with Crippen molar-refractivity contribution in [3.8, 4) is 5.88 Å². The Balaban J connectivity index is 2.03. The number of amides is 1.